The number of aliphatic hydroxyl groups excluding tert-OH is 1. The minimum atomic E-state index is -1.41. The van der Waals surface area contributed by atoms with Gasteiger partial charge in [-0.15, -0.1) is 0 Å². The van der Waals surface area contributed by atoms with Gasteiger partial charge in [-0.3, -0.25) is 24.6 Å². The van der Waals surface area contributed by atoms with Crippen LogP contribution in [0.4, 0.5) is 5.69 Å². The minimum absolute atomic E-state index is 0.0231. The average molecular weight is 440 g/mol. The fraction of sp³-hybridized carbons (Fsp3) is 0.348. The van der Waals surface area contributed by atoms with Gasteiger partial charge in [-0.1, -0.05) is 48.0 Å². The van der Waals surface area contributed by atoms with Gasteiger partial charge in [0.1, 0.15) is 5.54 Å². The van der Waals surface area contributed by atoms with Gasteiger partial charge in [0.2, 0.25) is 17.7 Å². The molecule has 5 rings (SSSR count). The lowest BCUT2D eigenvalue weighted by Gasteiger charge is -2.30. The van der Waals surface area contributed by atoms with Crippen molar-refractivity contribution in [3.8, 4) is 0 Å². The Morgan fingerprint density at radius 1 is 1.13 bits per heavy atom. The number of hydrogen-bond acceptors (Lipinski definition) is 5. The molecule has 3 heterocycles. The van der Waals surface area contributed by atoms with Crippen LogP contribution in [-0.4, -0.2) is 39.9 Å². The van der Waals surface area contributed by atoms with Crippen LogP contribution in [0.15, 0.2) is 42.5 Å². The molecule has 2 aromatic carbocycles. The molecule has 5 atom stereocenters. The Hall–Kier alpha value is -2.74. The number of rotatable bonds is 3. The smallest absolute Gasteiger partial charge is 0.250 e. The molecular weight excluding hydrogens is 418 g/mol. The van der Waals surface area contributed by atoms with E-state index in [2.05, 4.69) is 10.6 Å². The summed E-state index contributed by atoms with van der Waals surface area (Å²) in [4.78, 5) is 41.6. The van der Waals surface area contributed by atoms with E-state index >= 15 is 0 Å². The predicted molar refractivity (Wildman–Crippen MR) is 114 cm³/mol. The molecule has 0 aliphatic carbocycles. The van der Waals surface area contributed by atoms with Crippen LogP contribution in [0, 0.1) is 18.8 Å². The molecule has 0 unspecified atom stereocenters. The molecule has 0 saturated carbocycles. The molecule has 0 bridgehead atoms. The maximum atomic E-state index is 13.6. The Bertz CT molecular complexity index is 1130. The highest BCUT2D eigenvalue weighted by atomic mass is 35.5. The summed E-state index contributed by atoms with van der Waals surface area (Å²) in [6.07, 6.45) is -0.939. The molecule has 2 fully saturated rings. The number of fused-ring (bicyclic) bond motifs is 4. The first-order valence-electron chi connectivity index (χ1n) is 10.2. The van der Waals surface area contributed by atoms with Crippen molar-refractivity contribution in [2.45, 2.75) is 38.1 Å². The molecule has 3 aliphatic rings. The highest BCUT2D eigenvalue weighted by Gasteiger charge is 2.71. The maximum Gasteiger partial charge on any atom is 0.250 e. The van der Waals surface area contributed by atoms with Crippen LogP contribution in [0.1, 0.15) is 23.6 Å². The molecule has 3 N–H and O–H groups in total. The van der Waals surface area contributed by atoms with Crippen molar-refractivity contribution in [1.29, 1.82) is 0 Å². The van der Waals surface area contributed by atoms with Crippen LogP contribution in [0.3, 0.4) is 0 Å². The Kier molecular flexibility index (Phi) is 4.48. The highest BCUT2D eigenvalue weighted by molar-refractivity contribution is 6.31. The number of likely N-dealkylation sites (tertiary alicyclic amines) is 1. The van der Waals surface area contributed by atoms with E-state index in [0.29, 0.717) is 21.8 Å². The second kappa shape index (κ2) is 6.88. The van der Waals surface area contributed by atoms with Gasteiger partial charge in [0.05, 0.1) is 24.5 Å². The van der Waals surface area contributed by atoms with Crippen molar-refractivity contribution in [2.24, 2.45) is 11.8 Å². The zero-order chi connectivity index (χ0) is 22.1. The van der Waals surface area contributed by atoms with Gasteiger partial charge in [0.15, 0.2) is 0 Å². The molecule has 0 aromatic heterocycles. The first-order valence-corrected chi connectivity index (χ1v) is 10.6. The molecule has 160 valence electrons. The number of nitrogens with one attached hydrogen (secondary N) is 2. The monoisotopic (exact) mass is 439 g/mol. The van der Waals surface area contributed by atoms with E-state index in [4.69, 9.17) is 11.6 Å². The summed E-state index contributed by atoms with van der Waals surface area (Å²) >= 11 is 6.26. The minimum Gasteiger partial charge on any atom is -0.392 e. The zero-order valence-electron chi connectivity index (χ0n) is 17.1. The fourth-order valence-corrected chi connectivity index (χ4v) is 5.53. The summed E-state index contributed by atoms with van der Waals surface area (Å²) in [5.41, 5.74) is 1.39. The SMILES string of the molecule is Cc1cccc2c1NC(=O)[C@@]21N[C@H]([C@@H](C)O)[C@H]2C(=O)N(Cc3ccccc3Cl)C(=O)[C@H]21. The van der Waals surface area contributed by atoms with Gasteiger partial charge in [0.25, 0.3) is 0 Å². The highest BCUT2D eigenvalue weighted by Crippen LogP contribution is 2.54. The third-order valence-electron chi connectivity index (χ3n) is 6.79. The van der Waals surface area contributed by atoms with Crippen molar-refractivity contribution < 1.29 is 19.5 Å². The number of aryl methyl sites for hydroxylation is 1. The summed E-state index contributed by atoms with van der Waals surface area (Å²) in [7, 11) is 0. The zero-order valence-corrected chi connectivity index (χ0v) is 17.8. The van der Waals surface area contributed by atoms with Crippen LogP contribution >= 0.6 is 11.6 Å². The largest absolute Gasteiger partial charge is 0.392 e. The fourth-order valence-electron chi connectivity index (χ4n) is 5.33. The molecule has 1 spiro atoms. The van der Waals surface area contributed by atoms with Crippen LogP contribution in [0.25, 0.3) is 0 Å². The number of carbonyl (C=O) groups is 3. The lowest BCUT2D eigenvalue weighted by molar-refractivity contribution is -0.143. The van der Waals surface area contributed by atoms with E-state index in [1.807, 2.05) is 19.1 Å². The number of halogens is 1. The van der Waals surface area contributed by atoms with Crippen LogP contribution in [0.2, 0.25) is 5.02 Å². The van der Waals surface area contributed by atoms with Gasteiger partial charge < -0.3 is 10.4 Å². The van der Waals surface area contributed by atoms with Crippen LogP contribution < -0.4 is 10.6 Å². The van der Waals surface area contributed by atoms with E-state index < -0.39 is 41.3 Å². The first kappa shape index (κ1) is 20.2. The number of nitrogens with zero attached hydrogens (tertiary/aromatic N) is 1. The number of hydrogen-bond donors (Lipinski definition) is 3. The van der Waals surface area contributed by atoms with Gasteiger partial charge in [-0.05, 0) is 31.0 Å². The summed E-state index contributed by atoms with van der Waals surface area (Å²) in [6.45, 7) is 3.46. The number of para-hydroxylation sites is 1. The second-order valence-corrected chi connectivity index (χ2v) is 8.94. The molecule has 31 heavy (non-hydrogen) atoms. The molecule has 7 nitrogen and oxygen atoms in total. The lowest BCUT2D eigenvalue weighted by Crippen LogP contribution is -2.54. The topological polar surface area (TPSA) is 98.7 Å². The number of imide groups is 1. The van der Waals surface area contributed by atoms with E-state index in [1.165, 1.54) is 4.90 Å². The molecule has 8 heteroatoms. The van der Waals surface area contributed by atoms with Crippen molar-refractivity contribution in [3.05, 3.63) is 64.2 Å². The maximum absolute atomic E-state index is 13.6. The number of aliphatic hydroxyl groups is 1. The normalized spacial score (nSPS) is 30.0. The Labute approximate surface area is 184 Å². The van der Waals surface area contributed by atoms with Crippen LogP contribution in [-0.2, 0) is 26.5 Å². The van der Waals surface area contributed by atoms with Gasteiger partial charge in [-0.25, -0.2) is 0 Å². The molecule has 0 radical (unpaired) electrons. The quantitative estimate of drug-likeness (QED) is 0.635. The van der Waals surface area contributed by atoms with Gasteiger partial charge >= 0.3 is 0 Å². The molecule has 3 amide bonds. The molecule has 3 aliphatic heterocycles. The second-order valence-electron chi connectivity index (χ2n) is 8.53. The van der Waals surface area contributed by atoms with Crippen molar-refractivity contribution in [1.82, 2.24) is 10.2 Å². The van der Waals surface area contributed by atoms with E-state index in [9.17, 15) is 19.5 Å². The van der Waals surface area contributed by atoms with Gasteiger partial charge in [-0.2, -0.15) is 0 Å². The summed E-state index contributed by atoms with van der Waals surface area (Å²) < 4.78 is 0. The first-order chi connectivity index (χ1) is 14.8. The Balaban J connectivity index is 1.63. The number of anilines is 1. The lowest BCUT2D eigenvalue weighted by atomic mass is 9.76. The van der Waals surface area contributed by atoms with Crippen molar-refractivity contribution in [2.75, 3.05) is 5.32 Å². The summed E-state index contributed by atoms with van der Waals surface area (Å²) in [6, 6.07) is 11.8. The molecule has 2 aromatic rings. The number of benzene rings is 2. The molecular formula is C23H22ClN3O4. The van der Waals surface area contributed by atoms with E-state index in [-0.39, 0.29) is 12.5 Å². The van der Waals surface area contributed by atoms with Crippen LogP contribution in [0.5, 0.6) is 0 Å². The molecule has 2 saturated heterocycles. The summed E-state index contributed by atoms with van der Waals surface area (Å²) in [5.74, 6) is -3.03. The average Bonchev–Trinajstić information content (AvgIpc) is 3.32. The Morgan fingerprint density at radius 3 is 2.58 bits per heavy atom. The number of carbonyl (C=O) groups excluding carboxylic acids is 3. The van der Waals surface area contributed by atoms with Gasteiger partial charge in [0, 0.05) is 22.3 Å². The van der Waals surface area contributed by atoms with Crippen molar-refractivity contribution in [3.63, 3.8) is 0 Å². The van der Waals surface area contributed by atoms with E-state index in [1.54, 1.807) is 37.3 Å². The summed E-state index contributed by atoms with van der Waals surface area (Å²) in [5, 5.41) is 17.0. The van der Waals surface area contributed by atoms with E-state index in [0.717, 1.165) is 5.56 Å². The predicted octanol–water partition coefficient (Wildman–Crippen LogP) is 1.95. The standard InChI is InChI=1S/C23H22ClN3O4/c1-11-6-5-8-14-18(11)25-22(31)23(14)17-16(19(26-23)12(2)28)20(29)27(21(17)30)10-13-7-3-4-9-15(13)24/h3-9,12,16-17,19,26,28H,10H2,1-2H3,(H,25,31)/t12-,16+,17+,19-,23-/m1/s1. The van der Waals surface area contributed by atoms with Crippen molar-refractivity contribution >= 4 is 35.0 Å². The number of amides is 3. The third-order valence-corrected chi connectivity index (χ3v) is 7.16. The Morgan fingerprint density at radius 2 is 1.87 bits per heavy atom. The third kappa shape index (κ3) is 2.63.